The Labute approximate surface area is 85.6 Å². The summed E-state index contributed by atoms with van der Waals surface area (Å²) in [4.78, 5) is 33.0. The van der Waals surface area contributed by atoms with Crippen molar-refractivity contribution in [2.75, 3.05) is 6.61 Å². The molecule has 0 radical (unpaired) electrons. The first-order chi connectivity index (χ1) is 6.93. The SMILES string of the molecule is C=CC(N)=O.CCOC(=O)NOC(=O)O. The number of ether oxygens (including phenoxy) is 1. The van der Waals surface area contributed by atoms with Crippen molar-refractivity contribution in [2.45, 2.75) is 6.92 Å². The lowest BCUT2D eigenvalue weighted by atomic mass is 10.6. The molecule has 0 atom stereocenters. The maximum absolute atomic E-state index is 10.2. The topological polar surface area (TPSA) is 128 Å². The Bertz CT molecular complexity index is 240. The van der Waals surface area contributed by atoms with Crippen molar-refractivity contribution in [2.24, 2.45) is 5.73 Å². The molecule has 0 saturated heterocycles. The van der Waals surface area contributed by atoms with Crippen LogP contribution >= 0.6 is 0 Å². The molecule has 0 aromatic rings. The van der Waals surface area contributed by atoms with Crippen molar-refractivity contribution in [3.05, 3.63) is 12.7 Å². The van der Waals surface area contributed by atoms with E-state index in [4.69, 9.17) is 5.11 Å². The highest BCUT2D eigenvalue weighted by Gasteiger charge is 2.02. The summed E-state index contributed by atoms with van der Waals surface area (Å²) >= 11 is 0. The van der Waals surface area contributed by atoms with E-state index in [1.54, 1.807) is 6.92 Å². The lowest BCUT2D eigenvalue weighted by Crippen LogP contribution is -2.26. The van der Waals surface area contributed by atoms with Crippen LogP contribution in [-0.4, -0.2) is 29.9 Å². The van der Waals surface area contributed by atoms with E-state index < -0.39 is 18.2 Å². The van der Waals surface area contributed by atoms with Crippen molar-refractivity contribution in [1.29, 1.82) is 0 Å². The molecular formula is C7H12N2O6. The zero-order valence-corrected chi connectivity index (χ0v) is 8.06. The number of carboxylic acid groups (broad SMARTS) is 1. The molecule has 15 heavy (non-hydrogen) atoms. The number of carbonyl (C=O) groups excluding carboxylic acids is 2. The summed E-state index contributed by atoms with van der Waals surface area (Å²) < 4.78 is 4.25. The van der Waals surface area contributed by atoms with E-state index in [-0.39, 0.29) is 6.61 Å². The number of nitrogens with one attached hydrogen (secondary N) is 1. The van der Waals surface area contributed by atoms with Crippen molar-refractivity contribution in [3.63, 3.8) is 0 Å². The quantitative estimate of drug-likeness (QED) is 0.443. The molecule has 0 saturated carbocycles. The third-order valence-electron chi connectivity index (χ3n) is 0.698. The molecule has 0 aliphatic heterocycles. The van der Waals surface area contributed by atoms with Crippen molar-refractivity contribution >= 4 is 18.2 Å². The largest absolute Gasteiger partial charge is 0.530 e. The third kappa shape index (κ3) is 18.6. The molecule has 4 N–H and O–H groups in total. The first kappa shape index (κ1) is 15.2. The number of amides is 2. The van der Waals surface area contributed by atoms with Gasteiger partial charge in [-0.1, -0.05) is 6.58 Å². The highest BCUT2D eigenvalue weighted by atomic mass is 16.8. The second-order valence-electron chi connectivity index (χ2n) is 1.80. The lowest BCUT2D eigenvalue weighted by molar-refractivity contribution is -0.113. The molecule has 0 spiro atoms. The van der Waals surface area contributed by atoms with Gasteiger partial charge >= 0.3 is 12.2 Å². The molecule has 0 fully saturated rings. The van der Waals surface area contributed by atoms with E-state index >= 15 is 0 Å². The Morgan fingerprint density at radius 3 is 2.27 bits per heavy atom. The first-order valence-corrected chi connectivity index (χ1v) is 3.68. The van der Waals surface area contributed by atoms with Crippen LogP contribution in [-0.2, 0) is 14.4 Å². The maximum Gasteiger partial charge on any atom is 0.530 e. The minimum atomic E-state index is -1.59. The van der Waals surface area contributed by atoms with Gasteiger partial charge in [0, 0.05) is 0 Å². The zero-order valence-electron chi connectivity index (χ0n) is 8.06. The van der Waals surface area contributed by atoms with Crippen LogP contribution in [0.5, 0.6) is 0 Å². The fourth-order valence-electron chi connectivity index (χ4n) is 0.246. The molecule has 2 amide bonds. The number of rotatable bonds is 2. The van der Waals surface area contributed by atoms with E-state index in [2.05, 4.69) is 21.9 Å². The monoisotopic (exact) mass is 220 g/mol. The van der Waals surface area contributed by atoms with Crippen molar-refractivity contribution in [1.82, 2.24) is 5.48 Å². The van der Waals surface area contributed by atoms with Gasteiger partial charge in [-0.3, -0.25) is 4.79 Å². The van der Waals surface area contributed by atoms with Crippen LogP contribution in [0.1, 0.15) is 6.92 Å². The number of nitrogens with two attached hydrogens (primary N) is 1. The number of hydroxylamine groups is 1. The molecule has 86 valence electrons. The number of hydrogen-bond donors (Lipinski definition) is 3. The molecule has 0 bridgehead atoms. The fraction of sp³-hybridized carbons (Fsp3) is 0.286. The Morgan fingerprint density at radius 2 is 2.00 bits per heavy atom. The summed E-state index contributed by atoms with van der Waals surface area (Å²) in [6, 6.07) is 0. The molecule has 0 rings (SSSR count). The smallest absolute Gasteiger partial charge is 0.448 e. The predicted molar refractivity (Wildman–Crippen MR) is 48.7 cm³/mol. The van der Waals surface area contributed by atoms with Gasteiger partial charge in [-0.25, -0.2) is 9.59 Å². The molecule has 0 aromatic carbocycles. The Morgan fingerprint density at radius 1 is 1.53 bits per heavy atom. The van der Waals surface area contributed by atoms with Crippen molar-refractivity contribution < 1.29 is 29.1 Å². The van der Waals surface area contributed by atoms with Gasteiger partial charge in [-0.2, -0.15) is 0 Å². The number of carbonyl (C=O) groups is 3. The highest BCUT2D eigenvalue weighted by Crippen LogP contribution is 1.76. The van der Waals surface area contributed by atoms with Gasteiger partial charge in [0.15, 0.2) is 0 Å². The summed E-state index contributed by atoms with van der Waals surface area (Å²) in [5.74, 6) is -0.481. The summed E-state index contributed by atoms with van der Waals surface area (Å²) in [7, 11) is 0. The number of primary amides is 1. The average molecular weight is 220 g/mol. The number of hydrogen-bond acceptors (Lipinski definition) is 5. The predicted octanol–water partition coefficient (Wildman–Crippen LogP) is -0.000200. The van der Waals surface area contributed by atoms with Gasteiger partial charge in [0.2, 0.25) is 5.91 Å². The van der Waals surface area contributed by atoms with Crippen LogP contribution in [0, 0.1) is 0 Å². The second-order valence-corrected chi connectivity index (χ2v) is 1.80. The summed E-state index contributed by atoms with van der Waals surface area (Å²) in [6.45, 7) is 4.83. The van der Waals surface area contributed by atoms with Crippen LogP contribution in [0.25, 0.3) is 0 Å². The van der Waals surface area contributed by atoms with Crippen LogP contribution in [0.2, 0.25) is 0 Å². The van der Waals surface area contributed by atoms with Gasteiger partial charge in [0.05, 0.1) is 6.61 Å². The summed E-state index contributed by atoms with van der Waals surface area (Å²) in [6.07, 6.45) is -1.46. The fourth-order valence-corrected chi connectivity index (χ4v) is 0.246. The third-order valence-corrected chi connectivity index (χ3v) is 0.698. The van der Waals surface area contributed by atoms with E-state index in [1.165, 1.54) is 5.48 Å². The molecule has 0 aliphatic rings. The van der Waals surface area contributed by atoms with Gasteiger partial charge in [0.1, 0.15) is 0 Å². The maximum atomic E-state index is 10.2. The molecule has 0 unspecified atom stereocenters. The van der Waals surface area contributed by atoms with E-state index in [1.807, 2.05) is 0 Å². The normalized spacial score (nSPS) is 7.53. The van der Waals surface area contributed by atoms with Crippen molar-refractivity contribution in [3.8, 4) is 0 Å². The Balaban J connectivity index is 0. The standard InChI is InChI=1S/C4H7NO5.C3H5NO/c1-2-9-3(6)5-10-4(7)8;1-2-3(4)5/h2H2,1H3,(H,5,6)(H,7,8);2H,1H2,(H2,4,5). The van der Waals surface area contributed by atoms with Gasteiger partial charge < -0.3 is 20.4 Å². The molecule has 0 aliphatic carbocycles. The van der Waals surface area contributed by atoms with Crippen LogP contribution < -0.4 is 11.2 Å². The molecule has 8 nitrogen and oxygen atoms in total. The minimum Gasteiger partial charge on any atom is -0.448 e. The summed E-state index contributed by atoms with van der Waals surface area (Å²) in [5.41, 5.74) is 6.06. The first-order valence-electron chi connectivity index (χ1n) is 3.68. The van der Waals surface area contributed by atoms with Crippen LogP contribution in [0.15, 0.2) is 12.7 Å². The zero-order chi connectivity index (χ0) is 12.3. The molecule has 0 aromatic heterocycles. The molecular weight excluding hydrogens is 208 g/mol. The average Bonchev–Trinajstić information content (AvgIpc) is 2.16. The second kappa shape index (κ2) is 9.84. The lowest BCUT2D eigenvalue weighted by Gasteiger charge is -2.00. The Kier molecular flexibility index (Phi) is 9.99. The van der Waals surface area contributed by atoms with E-state index in [0.29, 0.717) is 0 Å². The van der Waals surface area contributed by atoms with Gasteiger partial charge in [-0.15, -0.1) is 5.48 Å². The molecule has 0 heterocycles. The van der Waals surface area contributed by atoms with Gasteiger partial charge in [-0.05, 0) is 13.0 Å². The van der Waals surface area contributed by atoms with Crippen LogP contribution in [0.4, 0.5) is 9.59 Å². The van der Waals surface area contributed by atoms with Gasteiger partial charge in [0.25, 0.3) is 0 Å². The highest BCUT2D eigenvalue weighted by molar-refractivity contribution is 5.84. The van der Waals surface area contributed by atoms with E-state index in [0.717, 1.165) is 6.08 Å². The summed E-state index contributed by atoms with van der Waals surface area (Å²) in [5, 5.41) is 7.84. The van der Waals surface area contributed by atoms with E-state index in [9.17, 15) is 14.4 Å². The minimum absolute atomic E-state index is 0.162. The molecule has 8 heteroatoms. The van der Waals surface area contributed by atoms with Crippen LogP contribution in [0.3, 0.4) is 0 Å². The Hall–Kier alpha value is -2.25.